The number of aromatic amines is 2. The minimum absolute atomic E-state index is 0.331. The summed E-state index contributed by atoms with van der Waals surface area (Å²) < 4.78 is 1.59. The summed E-state index contributed by atoms with van der Waals surface area (Å²) in [6.45, 7) is 3.97. The highest BCUT2D eigenvalue weighted by Crippen LogP contribution is 2.00. The van der Waals surface area contributed by atoms with Gasteiger partial charge in [-0.25, -0.2) is 9.48 Å². The molecule has 0 spiro atoms. The van der Waals surface area contributed by atoms with Crippen molar-refractivity contribution >= 4 is 0 Å². The molecule has 2 heterocycles. The summed E-state index contributed by atoms with van der Waals surface area (Å²) in [5, 5.41) is 7.86. The van der Waals surface area contributed by atoms with Crippen LogP contribution in [0.5, 0.6) is 0 Å². The fourth-order valence-electron chi connectivity index (χ4n) is 1.49. The maximum absolute atomic E-state index is 11.4. The lowest BCUT2D eigenvalue weighted by Gasteiger charge is -2.03. The summed E-state index contributed by atoms with van der Waals surface area (Å²) in [7, 11) is 0. The van der Waals surface area contributed by atoms with Crippen LogP contribution in [0.15, 0.2) is 15.8 Å². The van der Waals surface area contributed by atoms with Crippen LogP contribution in [0.25, 0.3) is 0 Å². The Morgan fingerprint density at radius 2 is 2.12 bits per heavy atom. The summed E-state index contributed by atoms with van der Waals surface area (Å²) in [4.78, 5) is 27.3. The average Bonchev–Trinajstić information content (AvgIpc) is 2.73. The lowest BCUT2D eigenvalue weighted by atomic mass is 10.2. The van der Waals surface area contributed by atoms with Gasteiger partial charge in [0.25, 0.3) is 5.56 Å². The van der Waals surface area contributed by atoms with Crippen molar-refractivity contribution in [1.29, 1.82) is 0 Å². The van der Waals surface area contributed by atoms with Crippen molar-refractivity contribution in [3.8, 4) is 0 Å². The third-order valence-corrected chi connectivity index (χ3v) is 2.55. The predicted molar refractivity (Wildman–Crippen MR) is 60.9 cm³/mol. The molecule has 0 saturated heterocycles. The monoisotopic (exact) mass is 235 g/mol. The molecule has 7 nitrogen and oxygen atoms in total. The number of hydrogen-bond donors (Lipinski definition) is 2. The first-order valence-corrected chi connectivity index (χ1v) is 5.31. The Morgan fingerprint density at radius 1 is 1.35 bits per heavy atom. The Kier molecular flexibility index (Phi) is 2.90. The van der Waals surface area contributed by atoms with Gasteiger partial charge < -0.3 is 4.98 Å². The zero-order valence-electron chi connectivity index (χ0n) is 9.65. The van der Waals surface area contributed by atoms with Crippen LogP contribution in [0.2, 0.25) is 0 Å². The van der Waals surface area contributed by atoms with E-state index in [9.17, 15) is 9.59 Å². The van der Waals surface area contributed by atoms with E-state index in [1.807, 2.05) is 6.92 Å². The van der Waals surface area contributed by atoms with Crippen molar-refractivity contribution in [3.05, 3.63) is 44.0 Å². The first kappa shape index (κ1) is 11.3. The molecule has 2 rings (SSSR count). The molecule has 0 unspecified atom stereocenters. The number of aromatic nitrogens is 5. The molecule has 2 N–H and O–H groups in total. The van der Waals surface area contributed by atoms with E-state index in [4.69, 9.17) is 0 Å². The van der Waals surface area contributed by atoms with E-state index in [0.29, 0.717) is 17.8 Å². The van der Waals surface area contributed by atoms with Crippen molar-refractivity contribution in [1.82, 2.24) is 25.0 Å². The third kappa shape index (κ3) is 2.32. The summed E-state index contributed by atoms with van der Waals surface area (Å²) in [5.74, 6) is 0. The number of H-pyrrole nitrogens is 2. The van der Waals surface area contributed by atoms with Gasteiger partial charge in [-0.2, -0.15) is 0 Å². The molecule has 0 bridgehead atoms. The highest BCUT2D eigenvalue weighted by atomic mass is 16.2. The van der Waals surface area contributed by atoms with Gasteiger partial charge in [-0.3, -0.25) is 9.78 Å². The maximum atomic E-state index is 11.4. The zero-order chi connectivity index (χ0) is 12.4. The molecule has 0 aliphatic carbocycles. The van der Waals surface area contributed by atoms with E-state index in [2.05, 4.69) is 20.3 Å². The topological polar surface area (TPSA) is 96.4 Å². The fourth-order valence-corrected chi connectivity index (χ4v) is 1.49. The van der Waals surface area contributed by atoms with Crippen molar-refractivity contribution in [2.45, 2.75) is 26.8 Å². The molecule has 0 fully saturated rings. The first-order valence-electron chi connectivity index (χ1n) is 5.31. The van der Waals surface area contributed by atoms with Crippen molar-refractivity contribution in [2.24, 2.45) is 0 Å². The molecular weight excluding hydrogens is 222 g/mol. The SMILES string of the molecule is CCc1cn(Cc2[nH]c(=O)[nH]c(=O)c2C)nn1. The summed E-state index contributed by atoms with van der Waals surface area (Å²) in [6, 6.07) is 0. The van der Waals surface area contributed by atoms with Crippen LogP contribution < -0.4 is 11.2 Å². The maximum Gasteiger partial charge on any atom is 0.325 e. The van der Waals surface area contributed by atoms with Crippen LogP contribution in [0.3, 0.4) is 0 Å². The van der Waals surface area contributed by atoms with Crippen LogP contribution in [0.1, 0.15) is 23.9 Å². The van der Waals surface area contributed by atoms with E-state index in [0.717, 1.165) is 12.1 Å². The minimum Gasteiger partial charge on any atom is -0.309 e. The second kappa shape index (κ2) is 4.36. The lowest BCUT2D eigenvalue weighted by molar-refractivity contribution is 0.630. The zero-order valence-corrected chi connectivity index (χ0v) is 9.65. The molecule has 90 valence electrons. The Morgan fingerprint density at radius 3 is 2.76 bits per heavy atom. The van der Waals surface area contributed by atoms with Gasteiger partial charge >= 0.3 is 5.69 Å². The van der Waals surface area contributed by atoms with Gasteiger partial charge in [0, 0.05) is 17.5 Å². The molecule has 0 radical (unpaired) electrons. The van der Waals surface area contributed by atoms with Crippen LogP contribution in [0, 0.1) is 6.92 Å². The Labute approximate surface area is 96.5 Å². The first-order chi connectivity index (χ1) is 8.10. The molecule has 0 amide bonds. The van der Waals surface area contributed by atoms with Gasteiger partial charge in [0.1, 0.15) is 0 Å². The number of aryl methyl sites for hydroxylation is 1. The molecule has 2 aromatic rings. The van der Waals surface area contributed by atoms with Gasteiger partial charge in [-0.15, -0.1) is 5.10 Å². The van der Waals surface area contributed by atoms with Crippen LogP contribution in [-0.2, 0) is 13.0 Å². The fraction of sp³-hybridized carbons (Fsp3) is 0.400. The van der Waals surface area contributed by atoms with Crippen LogP contribution >= 0.6 is 0 Å². The number of hydrogen-bond acceptors (Lipinski definition) is 4. The molecule has 2 aromatic heterocycles. The van der Waals surface area contributed by atoms with E-state index in [1.54, 1.807) is 17.8 Å². The number of rotatable bonds is 3. The van der Waals surface area contributed by atoms with Gasteiger partial charge in [-0.05, 0) is 13.3 Å². The molecule has 0 saturated carbocycles. The van der Waals surface area contributed by atoms with Crippen molar-refractivity contribution in [3.63, 3.8) is 0 Å². The predicted octanol–water partition coefficient (Wildman–Crippen LogP) is -0.426. The van der Waals surface area contributed by atoms with E-state index in [-0.39, 0.29) is 5.56 Å². The molecule has 0 atom stereocenters. The third-order valence-electron chi connectivity index (χ3n) is 2.55. The summed E-state index contributed by atoms with van der Waals surface area (Å²) in [5.41, 5.74) is 1.02. The van der Waals surface area contributed by atoms with Gasteiger partial charge in [0.05, 0.1) is 12.2 Å². The quantitative estimate of drug-likeness (QED) is 0.754. The molecule has 0 aromatic carbocycles. The molecule has 0 aliphatic rings. The molecule has 0 aliphatic heterocycles. The van der Waals surface area contributed by atoms with E-state index >= 15 is 0 Å². The standard InChI is InChI=1S/C10H13N5O2/c1-3-7-4-15(14-13-7)5-8-6(2)9(16)12-10(17)11-8/h4H,3,5H2,1-2H3,(H2,11,12,16,17). The average molecular weight is 235 g/mol. The van der Waals surface area contributed by atoms with Crippen molar-refractivity contribution in [2.75, 3.05) is 0 Å². The Bertz CT molecular complexity index is 637. The number of nitrogens with zero attached hydrogens (tertiary/aromatic N) is 3. The Hall–Kier alpha value is -2.18. The molecular formula is C10H13N5O2. The second-order valence-electron chi connectivity index (χ2n) is 3.77. The van der Waals surface area contributed by atoms with Gasteiger partial charge in [-0.1, -0.05) is 12.1 Å². The highest BCUT2D eigenvalue weighted by Gasteiger charge is 2.06. The lowest BCUT2D eigenvalue weighted by Crippen LogP contribution is -2.27. The second-order valence-corrected chi connectivity index (χ2v) is 3.77. The van der Waals surface area contributed by atoms with Crippen LogP contribution in [-0.4, -0.2) is 25.0 Å². The largest absolute Gasteiger partial charge is 0.325 e. The van der Waals surface area contributed by atoms with Crippen LogP contribution in [0.4, 0.5) is 0 Å². The highest BCUT2D eigenvalue weighted by molar-refractivity contribution is 5.14. The summed E-state index contributed by atoms with van der Waals surface area (Å²) in [6.07, 6.45) is 2.59. The molecule has 7 heteroatoms. The van der Waals surface area contributed by atoms with E-state index < -0.39 is 5.69 Å². The summed E-state index contributed by atoms with van der Waals surface area (Å²) >= 11 is 0. The Balaban J connectivity index is 2.36. The van der Waals surface area contributed by atoms with E-state index in [1.165, 1.54) is 0 Å². The van der Waals surface area contributed by atoms with Gasteiger partial charge in [0.15, 0.2) is 0 Å². The van der Waals surface area contributed by atoms with Crippen molar-refractivity contribution < 1.29 is 0 Å². The smallest absolute Gasteiger partial charge is 0.309 e. The minimum atomic E-state index is -0.508. The number of nitrogens with one attached hydrogen (secondary N) is 2. The van der Waals surface area contributed by atoms with Gasteiger partial charge in [0.2, 0.25) is 0 Å². The normalized spacial score (nSPS) is 10.7. The molecule has 17 heavy (non-hydrogen) atoms.